The number of nitrogens with zero attached hydrogens (tertiary/aromatic N) is 3. The number of carbonyl (C=O) groups is 1. The number of piperidine rings is 1. The molecule has 0 unspecified atom stereocenters. The summed E-state index contributed by atoms with van der Waals surface area (Å²) in [6.45, 7) is 12.6. The number of hydrogen-bond donors (Lipinski definition) is 0. The van der Waals surface area contributed by atoms with Crippen LogP contribution in [-0.4, -0.2) is 49.7 Å². The predicted octanol–water partition coefficient (Wildman–Crippen LogP) is 3.91. The highest BCUT2D eigenvalue weighted by Gasteiger charge is 2.49. The van der Waals surface area contributed by atoms with Crippen molar-refractivity contribution in [2.24, 2.45) is 9.81 Å². The Balaban J connectivity index is 1.85. The first-order valence-corrected chi connectivity index (χ1v) is 11.0. The van der Waals surface area contributed by atoms with E-state index in [1.54, 1.807) is 11.1 Å². The maximum Gasteiger partial charge on any atom is 0.410 e. The molecule has 0 saturated carbocycles. The topological polar surface area (TPSA) is 77.8 Å². The van der Waals surface area contributed by atoms with E-state index in [0.717, 1.165) is 36.2 Å². The fraction of sp³-hybridized carbons (Fsp3) is 0.667. The van der Waals surface area contributed by atoms with Gasteiger partial charge in [-0.2, -0.15) is 0 Å². The van der Waals surface area contributed by atoms with Gasteiger partial charge in [-0.3, -0.25) is 4.98 Å². The monoisotopic (exact) mass is 405 g/mol. The molecule has 2 aliphatic rings. The molecule has 1 saturated heterocycles. The first-order valence-electron chi connectivity index (χ1n) is 9.85. The second kappa shape index (κ2) is 7.34. The van der Waals surface area contributed by atoms with E-state index < -0.39 is 21.7 Å². The van der Waals surface area contributed by atoms with Crippen molar-refractivity contribution >= 4 is 23.2 Å². The first-order chi connectivity index (χ1) is 12.9. The first kappa shape index (κ1) is 21.1. The number of ether oxygens (including phenoxy) is 1. The SMILES string of the molecule is CC(C)(C)OC(=O)N1CCC2(CC1)Cc1ncccc1C2=N[S@+]([O-])C(C)(C)C. The number of carbonyl (C=O) groups excluding carboxylic acids is 1. The van der Waals surface area contributed by atoms with Crippen LogP contribution in [0.25, 0.3) is 0 Å². The van der Waals surface area contributed by atoms with Gasteiger partial charge in [0.15, 0.2) is 0 Å². The summed E-state index contributed by atoms with van der Waals surface area (Å²) in [7, 11) is 0. The van der Waals surface area contributed by atoms with Gasteiger partial charge in [0, 0.05) is 36.7 Å². The lowest BCUT2D eigenvalue weighted by molar-refractivity contribution is 0.0159. The summed E-state index contributed by atoms with van der Waals surface area (Å²) < 4.78 is 22.6. The van der Waals surface area contributed by atoms with Crippen LogP contribution >= 0.6 is 0 Å². The maximum absolute atomic E-state index is 12.8. The van der Waals surface area contributed by atoms with Crippen molar-refractivity contribution in [2.45, 2.75) is 71.2 Å². The smallest absolute Gasteiger partial charge is 0.410 e. The Labute approximate surface area is 171 Å². The number of aromatic nitrogens is 1. The number of pyridine rings is 1. The molecule has 1 amide bonds. The minimum Gasteiger partial charge on any atom is -0.591 e. The highest BCUT2D eigenvalue weighted by atomic mass is 32.2. The van der Waals surface area contributed by atoms with E-state index in [1.165, 1.54) is 0 Å². The third-order valence-electron chi connectivity index (χ3n) is 5.22. The summed E-state index contributed by atoms with van der Waals surface area (Å²) in [5, 5.41) is 0. The zero-order valence-electron chi connectivity index (χ0n) is 17.7. The average molecular weight is 406 g/mol. The summed E-state index contributed by atoms with van der Waals surface area (Å²) in [5.41, 5.74) is 2.20. The molecule has 0 N–H and O–H groups in total. The fourth-order valence-corrected chi connectivity index (χ4v) is 4.44. The van der Waals surface area contributed by atoms with Crippen LogP contribution in [0.5, 0.6) is 0 Å². The molecule has 1 spiro atoms. The molecule has 28 heavy (non-hydrogen) atoms. The van der Waals surface area contributed by atoms with E-state index in [1.807, 2.05) is 53.7 Å². The number of likely N-dealkylation sites (tertiary alicyclic amines) is 1. The summed E-state index contributed by atoms with van der Waals surface area (Å²) >= 11 is -1.34. The van der Waals surface area contributed by atoms with E-state index in [2.05, 4.69) is 4.98 Å². The van der Waals surface area contributed by atoms with Crippen molar-refractivity contribution in [3.8, 4) is 0 Å². The van der Waals surface area contributed by atoms with E-state index in [4.69, 9.17) is 9.13 Å². The lowest BCUT2D eigenvalue weighted by Crippen LogP contribution is -2.47. The maximum atomic E-state index is 12.8. The fourth-order valence-electron chi connectivity index (χ4n) is 3.71. The number of hydrogen-bond acceptors (Lipinski definition) is 5. The van der Waals surface area contributed by atoms with Crippen molar-refractivity contribution in [2.75, 3.05) is 13.1 Å². The lowest BCUT2D eigenvalue weighted by atomic mass is 9.75. The van der Waals surface area contributed by atoms with Gasteiger partial charge < -0.3 is 14.2 Å². The standard InChI is InChI=1S/C21H31N3O3S/c1-19(2,3)27-18(25)24-12-9-21(10-13-24)14-16-15(8-7-11-22-16)17(21)23-28(26)20(4,5)6/h7-8,11H,9-10,12-14H2,1-6H3/t28-/m1/s1. The summed E-state index contributed by atoms with van der Waals surface area (Å²) in [6.07, 6.45) is 3.84. The van der Waals surface area contributed by atoms with E-state index in [-0.39, 0.29) is 11.5 Å². The second-order valence-electron chi connectivity index (χ2n) is 9.72. The Morgan fingerprint density at radius 3 is 2.46 bits per heavy atom. The summed E-state index contributed by atoms with van der Waals surface area (Å²) in [4.78, 5) is 18.8. The Hall–Kier alpha value is -1.60. The average Bonchev–Trinajstić information content (AvgIpc) is 2.86. The van der Waals surface area contributed by atoms with E-state index >= 15 is 0 Å². The normalized spacial score (nSPS) is 21.7. The van der Waals surface area contributed by atoms with Gasteiger partial charge in [0.25, 0.3) is 0 Å². The Bertz CT molecular complexity index is 772. The van der Waals surface area contributed by atoms with Gasteiger partial charge in [-0.15, -0.1) is 0 Å². The molecule has 1 atom stereocenters. The number of rotatable bonds is 1. The van der Waals surface area contributed by atoms with Gasteiger partial charge in [-0.05, 0) is 66.5 Å². The van der Waals surface area contributed by atoms with Gasteiger partial charge in [-0.1, -0.05) is 4.40 Å². The molecule has 1 aliphatic carbocycles. The third-order valence-corrected chi connectivity index (χ3v) is 6.62. The summed E-state index contributed by atoms with van der Waals surface area (Å²) in [5.74, 6) is 0. The molecule has 1 aromatic heterocycles. The van der Waals surface area contributed by atoms with Crippen molar-refractivity contribution in [1.29, 1.82) is 0 Å². The zero-order chi connectivity index (χ0) is 20.7. The minimum absolute atomic E-state index is 0.212. The highest BCUT2D eigenvalue weighted by molar-refractivity contribution is 7.91. The molecule has 1 aliphatic heterocycles. The minimum atomic E-state index is -1.34. The molecule has 3 rings (SSSR count). The third kappa shape index (κ3) is 4.35. The number of amides is 1. The Morgan fingerprint density at radius 1 is 1.25 bits per heavy atom. The van der Waals surface area contributed by atoms with Crippen molar-refractivity contribution in [1.82, 2.24) is 9.88 Å². The molecule has 1 aromatic rings. The molecule has 7 heteroatoms. The largest absolute Gasteiger partial charge is 0.591 e. The van der Waals surface area contributed by atoms with Gasteiger partial charge in [0.1, 0.15) is 27.4 Å². The van der Waals surface area contributed by atoms with Crippen LogP contribution in [0, 0.1) is 5.41 Å². The highest BCUT2D eigenvalue weighted by Crippen LogP contribution is 2.45. The molecule has 0 aromatic carbocycles. The van der Waals surface area contributed by atoms with Crippen LogP contribution in [0.3, 0.4) is 0 Å². The van der Waals surface area contributed by atoms with Crippen LogP contribution in [0.4, 0.5) is 4.79 Å². The van der Waals surface area contributed by atoms with Crippen molar-refractivity contribution in [3.63, 3.8) is 0 Å². The van der Waals surface area contributed by atoms with Crippen LogP contribution in [0.2, 0.25) is 0 Å². The van der Waals surface area contributed by atoms with Gasteiger partial charge in [0.2, 0.25) is 0 Å². The van der Waals surface area contributed by atoms with Gasteiger partial charge in [0.05, 0.1) is 5.69 Å². The van der Waals surface area contributed by atoms with Crippen LogP contribution < -0.4 is 0 Å². The van der Waals surface area contributed by atoms with E-state index in [0.29, 0.717) is 13.1 Å². The molecule has 154 valence electrons. The zero-order valence-corrected chi connectivity index (χ0v) is 18.6. The van der Waals surface area contributed by atoms with E-state index in [9.17, 15) is 9.35 Å². The summed E-state index contributed by atoms with van der Waals surface area (Å²) in [6, 6.07) is 3.93. The molecular formula is C21H31N3O3S. The predicted molar refractivity (Wildman–Crippen MR) is 112 cm³/mol. The Kier molecular flexibility index (Phi) is 5.53. The quantitative estimate of drug-likeness (QED) is 0.664. The molecular weight excluding hydrogens is 374 g/mol. The molecule has 1 fully saturated rings. The molecule has 6 nitrogen and oxygen atoms in total. The second-order valence-corrected chi connectivity index (χ2v) is 11.6. The van der Waals surface area contributed by atoms with Crippen LogP contribution in [-0.2, 0) is 22.5 Å². The van der Waals surface area contributed by atoms with Crippen LogP contribution in [0.15, 0.2) is 22.7 Å². The lowest BCUT2D eigenvalue weighted by Gasteiger charge is -2.39. The molecule has 0 radical (unpaired) electrons. The van der Waals surface area contributed by atoms with Crippen molar-refractivity contribution in [3.05, 3.63) is 29.6 Å². The van der Waals surface area contributed by atoms with Gasteiger partial charge in [-0.25, -0.2) is 4.79 Å². The number of fused-ring (bicyclic) bond motifs is 1. The van der Waals surface area contributed by atoms with Gasteiger partial charge >= 0.3 is 6.09 Å². The molecule has 2 heterocycles. The van der Waals surface area contributed by atoms with Crippen molar-refractivity contribution < 1.29 is 14.1 Å². The molecule has 0 bridgehead atoms. The Morgan fingerprint density at radius 2 is 1.89 bits per heavy atom. The van der Waals surface area contributed by atoms with Crippen LogP contribution in [0.1, 0.15) is 65.6 Å².